The van der Waals surface area contributed by atoms with Crippen LogP contribution in [0.15, 0.2) is 107 Å². The van der Waals surface area contributed by atoms with Gasteiger partial charge in [-0.3, -0.25) is 8.97 Å². The number of hydrogen-bond acceptors (Lipinski definition) is 10. The van der Waals surface area contributed by atoms with Gasteiger partial charge in [-0.1, -0.05) is 82.3 Å². The highest BCUT2D eigenvalue weighted by Crippen LogP contribution is 2.46. The van der Waals surface area contributed by atoms with Crippen LogP contribution in [0.25, 0.3) is 0 Å². The van der Waals surface area contributed by atoms with E-state index in [4.69, 9.17) is 9.47 Å². The normalized spacial score (nSPS) is 19.8. The summed E-state index contributed by atoms with van der Waals surface area (Å²) in [6.45, 7) is 8.80. The Hall–Kier alpha value is -3.72. The quantitative estimate of drug-likeness (QED) is 0.0853. The molecule has 4 saturated heterocycles. The van der Waals surface area contributed by atoms with Crippen molar-refractivity contribution in [3.63, 3.8) is 0 Å². The molecule has 354 valence electrons. The van der Waals surface area contributed by atoms with Gasteiger partial charge in [0.1, 0.15) is 24.7 Å². The molecule has 2 amide bonds. The van der Waals surface area contributed by atoms with E-state index in [1.54, 1.807) is 21.6 Å². The molecule has 0 saturated carbocycles. The van der Waals surface area contributed by atoms with Gasteiger partial charge in [0.25, 0.3) is 0 Å². The van der Waals surface area contributed by atoms with Crippen LogP contribution in [0.1, 0.15) is 83.2 Å². The molecule has 4 fully saturated rings. The third-order valence-corrected chi connectivity index (χ3v) is 18.2. The Morgan fingerprint density at radius 3 is 1.05 bits per heavy atom. The lowest BCUT2D eigenvalue weighted by molar-refractivity contribution is -0.883. The number of likely N-dealkylation sites (tertiary alicyclic amines) is 4. The van der Waals surface area contributed by atoms with E-state index in [2.05, 4.69) is 98.3 Å². The van der Waals surface area contributed by atoms with Crippen molar-refractivity contribution in [2.45, 2.75) is 98.5 Å². The van der Waals surface area contributed by atoms with Crippen LogP contribution >= 0.6 is 21.6 Å². The van der Waals surface area contributed by atoms with E-state index in [0.717, 1.165) is 147 Å². The number of piperidine rings is 4. The van der Waals surface area contributed by atoms with Crippen LogP contribution in [0.4, 0.5) is 0 Å². The van der Waals surface area contributed by atoms with E-state index >= 15 is 9.59 Å². The molecule has 0 radical (unpaired) electrons. The maximum Gasteiger partial charge on any atom is 0.347 e. The number of rotatable bonds is 15. The van der Waals surface area contributed by atoms with Gasteiger partial charge in [-0.05, 0) is 75.7 Å². The van der Waals surface area contributed by atoms with Gasteiger partial charge in [-0.15, -0.1) is 0 Å². The highest BCUT2D eigenvalue weighted by atomic mass is 33.1. The lowest BCUT2D eigenvalue weighted by atomic mass is 9.92. The minimum absolute atomic E-state index is 0.182. The summed E-state index contributed by atoms with van der Waals surface area (Å²) in [6, 6.07) is 33.5. The Morgan fingerprint density at radius 2 is 0.758 bits per heavy atom. The number of nitrogens with zero attached hydrogens (tertiary/aromatic N) is 6. The molecule has 12 heteroatoms. The van der Waals surface area contributed by atoms with Crippen molar-refractivity contribution in [3.05, 3.63) is 119 Å². The van der Waals surface area contributed by atoms with Crippen LogP contribution in [0.2, 0.25) is 0 Å². The molecule has 10 nitrogen and oxygen atoms in total. The van der Waals surface area contributed by atoms with Crippen molar-refractivity contribution in [2.75, 3.05) is 94.6 Å². The van der Waals surface area contributed by atoms with Gasteiger partial charge in [0, 0.05) is 114 Å². The molecule has 4 aromatic carbocycles. The first-order valence-corrected chi connectivity index (χ1v) is 26.6. The lowest BCUT2D eigenvalue weighted by Gasteiger charge is -2.49. The molecule has 0 atom stereocenters. The predicted octanol–water partition coefficient (Wildman–Crippen LogP) is 9.19. The van der Waals surface area contributed by atoms with Crippen molar-refractivity contribution in [1.29, 1.82) is 0 Å². The molecule has 0 N–H and O–H groups in total. The van der Waals surface area contributed by atoms with Crippen LogP contribution < -0.4 is 9.47 Å². The first kappa shape index (κ1) is 48.7. The number of ether oxygens (including phenoxy) is 2. The van der Waals surface area contributed by atoms with Crippen LogP contribution in [0.3, 0.4) is 0 Å². The minimum atomic E-state index is 0.182. The summed E-state index contributed by atoms with van der Waals surface area (Å²) in [5.41, 5.74) is 3.62. The first-order valence-electron chi connectivity index (χ1n) is 24.4. The molecule has 0 aliphatic carbocycles. The molecular weight excluding hydrogens is 861 g/mol. The van der Waals surface area contributed by atoms with Crippen molar-refractivity contribution < 1.29 is 28.0 Å². The molecule has 0 bridgehead atoms. The summed E-state index contributed by atoms with van der Waals surface area (Å²) in [7, 11) is 16.4. The van der Waals surface area contributed by atoms with E-state index in [0.29, 0.717) is 22.2 Å². The predicted molar refractivity (Wildman–Crippen MR) is 269 cm³/mol. The number of amides is 2. The van der Waals surface area contributed by atoms with Crippen molar-refractivity contribution in [2.24, 2.45) is 0 Å². The standard InChI is InChI=1S/C54H74N6O4S2/c1-55-29-21-43(22-30-55)59(5,44-23-31-56(2)32-24-44)53(61)49-19-17-47(63-39-41-13-9-7-10-14-41)37-51(49)65-66-52-38-48(64-40-42-15-11-8-12-16-42)18-20-50(52)54(62)60(6,45-25-33-57(3)34-26-45)46-27-35-58(4)36-28-46/h7-20,37-38,43-46H,21-36,39-40H2,1-6H3/q+2. The average molecular weight is 935 g/mol. The maximum absolute atomic E-state index is 15.7. The second-order valence-corrected chi connectivity index (χ2v) is 22.3. The van der Waals surface area contributed by atoms with Crippen molar-refractivity contribution in [1.82, 2.24) is 19.6 Å². The van der Waals surface area contributed by atoms with Crippen LogP contribution in [-0.4, -0.2) is 159 Å². The topological polar surface area (TPSA) is 65.6 Å². The van der Waals surface area contributed by atoms with Crippen LogP contribution in [0.5, 0.6) is 11.5 Å². The van der Waals surface area contributed by atoms with Gasteiger partial charge in [-0.25, -0.2) is 9.59 Å². The largest absolute Gasteiger partial charge is 0.489 e. The fourth-order valence-corrected chi connectivity index (χ4v) is 13.5. The fraction of sp³-hybridized carbons (Fsp3) is 0.519. The third-order valence-electron chi connectivity index (χ3n) is 15.7. The van der Waals surface area contributed by atoms with E-state index in [1.165, 1.54) is 0 Å². The lowest BCUT2D eigenvalue weighted by Crippen LogP contribution is -2.65. The van der Waals surface area contributed by atoms with E-state index in [9.17, 15) is 0 Å². The van der Waals surface area contributed by atoms with Gasteiger partial charge in [0.2, 0.25) is 0 Å². The zero-order chi connectivity index (χ0) is 46.3. The molecule has 8 rings (SSSR count). The summed E-state index contributed by atoms with van der Waals surface area (Å²) in [6.07, 6.45) is 7.95. The molecule has 4 heterocycles. The average Bonchev–Trinajstić information content (AvgIpc) is 3.35. The van der Waals surface area contributed by atoms with E-state index in [1.807, 2.05) is 60.7 Å². The molecule has 0 spiro atoms. The highest BCUT2D eigenvalue weighted by Gasteiger charge is 2.51. The maximum atomic E-state index is 15.7. The molecule has 4 aromatic rings. The first-order chi connectivity index (χ1) is 31.9. The van der Waals surface area contributed by atoms with Gasteiger partial charge < -0.3 is 29.1 Å². The van der Waals surface area contributed by atoms with Gasteiger partial charge >= 0.3 is 11.8 Å². The SMILES string of the molecule is CN1CCC([N+](C)(C(=O)c2ccc(OCc3ccccc3)cc2SSc2cc(OCc3ccccc3)ccc2C(=O)[N+](C)(C2CCN(C)CC2)C2CCN(C)CC2)C2CCN(C)CC2)CC1. The number of carbonyl (C=O) groups excluding carboxylic acids is 2. The number of hydrogen-bond donors (Lipinski definition) is 0. The summed E-state index contributed by atoms with van der Waals surface area (Å²) >= 11 is 0. The molecule has 4 aliphatic heterocycles. The van der Waals surface area contributed by atoms with Gasteiger partial charge in [0.15, 0.2) is 0 Å². The summed E-state index contributed by atoms with van der Waals surface area (Å²) in [5.74, 6) is 1.80. The second-order valence-electron chi connectivity index (χ2n) is 20.1. The van der Waals surface area contributed by atoms with Gasteiger partial charge in [-0.2, -0.15) is 0 Å². The number of benzene rings is 4. The zero-order valence-corrected chi connectivity index (χ0v) is 42.0. The molecular formula is C54H74N6O4S2+2. The van der Waals surface area contributed by atoms with Crippen molar-refractivity contribution in [3.8, 4) is 11.5 Å². The Balaban J connectivity index is 1.17. The Kier molecular flexibility index (Phi) is 16.3. The summed E-state index contributed by atoms with van der Waals surface area (Å²) in [5, 5.41) is 0. The highest BCUT2D eigenvalue weighted by molar-refractivity contribution is 8.76. The van der Waals surface area contributed by atoms with Crippen LogP contribution in [0, 0.1) is 0 Å². The molecule has 0 unspecified atom stereocenters. The third kappa shape index (κ3) is 11.2. The molecule has 66 heavy (non-hydrogen) atoms. The van der Waals surface area contributed by atoms with Crippen LogP contribution in [-0.2, 0) is 13.2 Å². The Labute approximate surface area is 403 Å². The Bertz CT molecular complexity index is 2020. The molecule has 4 aliphatic rings. The summed E-state index contributed by atoms with van der Waals surface area (Å²) in [4.78, 5) is 42.8. The van der Waals surface area contributed by atoms with E-state index < -0.39 is 0 Å². The number of quaternary nitrogens is 2. The van der Waals surface area contributed by atoms with Gasteiger partial charge in [0.05, 0.1) is 49.4 Å². The smallest absolute Gasteiger partial charge is 0.347 e. The summed E-state index contributed by atoms with van der Waals surface area (Å²) < 4.78 is 13.8. The van der Waals surface area contributed by atoms with E-state index in [-0.39, 0.29) is 36.0 Å². The second kappa shape index (κ2) is 22.1. The fourth-order valence-electron chi connectivity index (χ4n) is 11.2. The Morgan fingerprint density at radius 1 is 0.470 bits per heavy atom. The van der Waals surface area contributed by atoms with Crippen molar-refractivity contribution >= 4 is 33.4 Å². The monoisotopic (exact) mass is 935 g/mol. The zero-order valence-electron chi connectivity index (χ0n) is 40.4. The molecule has 0 aromatic heterocycles. The number of carbonyl (C=O) groups is 2. The minimum Gasteiger partial charge on any atom is -0.489 e.